The summed E-state index contributed by atoms with van der Waals surface area (Å²) >= 11 is 1.08. The number of carboxylic acids is 1. The quantitative estimate of drug-likeness (QED) is 0.733. The van der Waals surface area contributed by atoms with Gasteiger partial charge in [0.25, 0.3) is 5.24 Å². The Kier molecular flexibility index (Phi) is 3.90. The zero-order chi connectivity index (χ0) is 11.4. The van der Waals surface area contributed by atoms with Gasteiger partial charge >= 0.3 is 5.97 Å². The molecule has 1 aliphatic rings. The number of thioether (sulfide) groups is 1. The highest BCUT2D eigenvalue weighted by Crippen LogP contribution is 2.19. The van der Waals surface area contributed by atoms with Gasteiger partial charge in [0.05, 0.1) is 6.54 Å². The molecule has 82 valence electrons. The molecule has 0 spiro atoms. The first kappa shape index (κ1) is 11.8. The molecule has 0 aromatic carbocycles. The third-order valence-corrected chi connectivity index (χ3v) is 2.72. The van der Waals surface area contributed by atoms with Crippen LogP contribution in [0.4, 0.5) is 4.79 Å². The minimum Gasteiger partial charge on any atom is -0.478 e. The molecule has 1 fully saturated rings. The summed E-state index contributed by atoms with van der Waals surface area (Å²) < 4.78 is 0. The van der Waals surface area contributed by atoms with Crippen LogP contribution in [0.2, 0.25) is 0 Å². The van der Waals surface area contributed by atoms with E-state index in [1.165, 1.54) is 0 Å². The summed E-state index contributed by atoms with van der Waals surface area (Å²) in [4.78, 5) is 34.1. The van der Waals surface area contributed by atoms with E-state index in [9.17, 15) is 14.4 Å². The van der Waals surface area contributed by atoms with Crippen molar-refractivity contribution in [3.05, 3.63) is 11.6 Å². The number of carbonyl (C=O) groups excluding carboxylic acids is 2. The molecule has 0 aromatic rings. The Morgan fingerprint density at radius 2 is 2.27 bits per heavy atom. The van der Waals surface area contributed by atoms with Crippen molar-refractivity contribution in [2.24, 2.45) is 0 Å². The van der Waals surface area contributed by atoms with Crippen LogP contribution in [0.25, 0.3) is 0 Å². The van der Waals surface area contributed by atoms with Crippen molar-refractivity contribution in [2.45, 2.75) is 13.3 Å². The molecule has 15 heavy (non-hydrogen) atoms. The molecule has 0 aromatic heterocycles. The topological polar surface area (TPSA) is 74.7 Å². The number of amides is 2. The second kappa shape index (κ2) is 4.97. The van der Waals surface area contributed by atoms with Gasteiger partial charge in [-0.2, -0.15) is 0 Å². The van der Waals surface area contributed by atoms with E-state index in [4.69, 9.17) is 5.11 Å². The molecule has 1 heterocycles. The summed E-state index contributed by atoms with van der Waals surface area (Å²) in [5.41, 5.74) is 0.478. The Morgan fingerprint density at radius 1 is 1.60 bits per heavy atom. The van der Waals surface area contributed by atoms with E-state index < -0.39 is 5.97 Å². The van der Waals surface area contributed by atoms with Crippen LogP contribution in [0.5, 0.6) is 0 Å². The van der Waals surface area contributed by atoms with Crippen molar-refractivity contribution in [1.29, 1.82) is 0 Å². The average Bonchev–Trinajstić information content (AvgIpc) is 2.10. The molecule has 5 nitrogen and oxygen atoms in total. The Bertz CT molecular complexity index is 321. The van der Waals surface area contributed by atoms with Crippen LogP contribution in [0, 0.1) is 0 Å². The van der Waals surface area contributed by atoms with Gasteiger partial charge in [-0.3, -0.25) is 14.5 Å². The van der Waals surface area contributed by atoms with E-state index in [0.29, 0.717) is 17.7 Å². The number of carbonyl (C=O) groups is 3. The predicted octanol–water partition coefficient (Wildman–Crippen LogP) is 1.10. The fraction of sp³-hybridized carbons (Fsp3) is 0.444. The van der Waals surface area contributed by atoms with Crippen LogP contribution >= 0.6 is 11.8 Å². The molecule has 0 unspecified atom stereocenters. The number of hydrogen-bond donors (Lipinski definition) is 1. The monoisotopic (exact) mass is 229 g/mol. The summed E-state index contributed by atoms with van der Waals surface area (Å²) in [7, 11) is 0. The lowest BCUT2D eigenvalue weighted by Crippen LogP contribution is -2.39. The Labute approximate surface area is 91.1 Å². The molecule has 0 bridgehead atoms. The number of imide groups is 1. The zero-order valence-corrected chi connectivity index (χ0v) is 9.04. The van der Waals surface area contributed by atoms with Gasteiger partial charge < -0.3 is 5.11 Å². The van der Waals surface area contributed by atoms with Crippen molar-refractivity contribution < 1.29 is 19.5 Å². The van der Waals surface area contributed by atoms with E-state index in [-0.39, 0.29) is 17.7 Å². The van der Waals surface area contributed by atoms with Crippen LogP contribution in [0.3, 0.4) is 0 Å². The number of rotatable bonds is 3. The van der Waals surface area contributed by atoms with Gasteiger partial charge in [-0.1, -0.05) is 11.8 Å². The van der Waals surface area contributed by atoms with E-state index in [1.54, 1.807) is 6.92 Å². The SMILES string of the molecule is CC(=CC(=O)O)CN1C(=O)CCSC1=O. The van der Waals surface area contributed by atoms with Crippen LogP contribution in [0.1, 0.15) is 13.3 Å². The largest absolute Gasteiger partial charge is 0.478 e. The second-order valence-electron chi connectivity index (χ2n) is 3.17. The fourth-order valence-electron chi connectivity index (χ4n) is 1.20. The number of aliphatic carboxylic acids is 1. The summed E-state index contributed by atoms with van der Waals surface area (Å²) in [6.45, 7) is 1.64. The Balaban J connectivity index is 2.67. The first-order chi connectivity index (χ1) is 7.00. The lowest BCUT2D eigenvalue weighted by atomic mass is 10.2. The van der Waals surface area contributed by atoms with Crippen LogP contribution in [-0.2, 0) is 9.59 Å². The van der Waals surface area contributed by atoms with E-state index >= 15 is 0 Å². The maximum Gasteiger partial charge on any atom is 0.328 e. The van der Waals surface area contributed by atoms with Crippen molar-refractivity contribution in [1.82, 2.24) is 4.90 Å². The zero-order valence-electron chi connectivity index (χ0n) is 8.23. The second-order valence-corrected chi connectivity index (χ2v) is 4.22. The summed E-state index contributed by atoms with van der Waals surface area (Å²) in [6, 6.07) is 0. The summed E-state index contributed by atoms with van der Waals surface area (Å²) in [5.74, 6) is -0.801. The van der Waals surface area contributed by atoms with Gasteiger partial charge in [-0.15, -0.1) is 0 Å². The van der Waals surface area contributed by atoms with Gasteiger partial charge in [0.15, 0.2) is 0 Å². The number of hydrogen-bond acceptors (Lipinski definition) is 4. The number of carboxylic acid groups (broad SMARTS) is 1. The molecule has 6 heteroatoms. The molecule has 1 aliphatic heterocycles. The van der Waals surface area contributed by atoms with Gasteiger partial charge in [-0.25, -0.2) is 4.79 Å². The summed E-state index contributed by atoms with van der Waals surface area (Å²) in [6.07, 6.45) is 1.33. The van der Waals surface area contributed by atoms with Gasteiger partial charge in [-0.05, 0) is 12.5 Å². The third kappa shape index (κ3) is 3.39. The van der Waals surface area contributed by atoms with E-state index in [0.717, 1.165) is 22.7 Å². The first-order valence-electron chi connectivity index (χ1n) is 4.38. The minimum absolute atomic E-state index is 0.0664. The van der Waals surface area contributed by atoms with Crippen LogP contribution < -0.4 is 0 Å². The fourth-order valence-corrected chi connectivity index (χ4v) is 1.97. The molecular formula is C9H11NO4S. The van der Waals surface area contributed by atoms with Crippen molar-refractivity contribution >= 4 is 28.9 Å². The lowest BCUT2D eigenvalue weighted by Gasteiger charge is -2.24. The average molecular weight is 229 g/mol. The Hall–Kier alpha value is -1.30. The molecule has 1 rings (SSSR count). The van der Waals surface area contributed by atoms with Crippen molar-refractivity contribution in [2.75, 3.05) is 12.3 Å². The molecule has 2 amide bonds. The molecule has 0 radical (unpaired) electrons. The smallest absolute Gasteiger partial charge is 0.328 e. The van der Waals surface area contributed by atoms with Gasteiger partial charge in [0.1, 0.15) is 0 Å². The van der Waals surface area contributed by atoms with E-state index in [2.05, 4.69) is 0 Å². The molecule has 1 N–H and O–H groups in total. The van der Waals surface area contributed by atoms with Crippen molar-refractivity contribution in [3.63, 3.8) is 0 Å². The highest BCUT2D eigenvalue weighted by molar-refractivity contribution is 8.13. The molecule has 0 saturated carbocycles. The molecular weight excluding hydrogens is 218 g/mol. The third-order valence-electron chi connectivity index (χ3n) is 1.84. The minimum atomic E-state index is -1.07. The van der Waals surface area contributed by atoms with Crippen LogP contribution in [-0.4, -0.2) is 39.4 Å². The first-order valence-corrected chi connectivity index (χ1v) is 5.36. The van der Waals surface area contributed by atoms with Crippen LogP contribution in [0.15, 0.2) is 11.6 Å². The maximum absolute atomic E-state index is 11.3. The van der Waals surface area contributed by atoms with Gasteiger partial charge in [0, 0.05) is 18.2 Å². The van der Waals surface area contributed by atoms with Gasteiger partial charge in [0.2, 0.25) is 5.91 Å². The molecule has 1 saturated heterocycles. The highest BCUT2D eigenvalue weighted by Gasteiger charge is 2.26. The van der Waals surface area contributed by atoms with E-state index in [1.807, 2.05) is 0 Å². The standard InChI is InChI=1S/C9H11NO4S/c1-6(4-8(12)13)5-10-7(11)2-3-15-9(10)14/h4H,2-3,5H2,1H3,(H,12,13). The maximum atomic E-state index is 11.3. The molecule has 0 aliphatic carbocycles. The summed E-state index contributed by atoms with van der Waals surface area (Å²) in [5, 5.41) is 8.17. The van der Waals surface area contributed by atoms with Crippen molar-refractivity contribution in [3.8, 4) is 0 Å². The highest BCUT2D eigenvalue weighted by atomic mass is 32.2. The lowest BCUT2D eigenvalue weighted by molar-refractivity contribution is -0.132. The predicted molar refractivity (Wildman–Crippen MR) is 55.6 cm³/mol. The Morgan fingerprint density at radius 3 is 2.80 bits per heavy atom. The normalized spacial score (nSPS) is 18.2. The number of nitrogens with zero attached hydrogens (tertiary/aromatic N) is 1. The molecule has 0 atom stereocenters.